The Morgan fingerprint density at radius 2 is 1.29 bits per heavy atom. The summed E-state index contributed by atoms with van der Waals surface area (Å²) >= 11 is 0. The van der Waals surface area contributed by atoms with Crippen molar-refractivity contribution in [2.75, 3.05) is 19.8 Å². The zero-order valence-corrected chi connectivity index (χ0v) is 12.3. The van der Waals surface area contributed by atoms with Crippen LogP contribution in [0.4, 0.5) is 0 Å². The lowest BCUT2D eigenvalue weighted by Gasteiger charge is -2.08. The van der Waals surface area contributed by atoms with Crippen LogP contribution in [0.1, 0.15) is 66.2 Å². The molecule has 0 aromatic carbocycles. The van der Waals surface area contributed by atoms with E-state index in [0.717, 1.165) is 38.6 Å². The predicted molar refractivity (Wildman–Crippen MR) is 74.4 cm³/mol. The Morgan fingerprint density at radius 3 is 1.88 bits per heavy atom. The summed E-state index contributed by atoms with van der Waals surface area (Å²) in [4.78, 5) is 0. The molecule has 0 aliphatic heterocycles. The highest BCUT2D eigenvalue weighted by Gasteiger charge is 1.96. The Bertz CT molecular complexity index is 128. The Kier molecular flexibility index (Phi) is 12.3. The van der Waals surface area contributed by atoms with Gasteiger partial charge in [-0.1, -0.05) is 33.1 Å². The fraction of sp³-hybridized carbons (Fsp3) is 1.00. The largest absolute Gasteiger partial charge is 0.381 e. The zero-order valence-electron chi connectivity index (χ0n) is 12.3. The first-order chi connectivity index (χ1) is 8.13. The van der Waals surface area contributed by atoms with Crippen molar-refractivity contribution in [2.45, 2.75) is 72.3 Å². The Balaban J connectivity index is 2.94. The summed E-state index contributed by atoms with van der Waals surface area (Å²) in [6.45, 7) is 11.4. The van der Waals surface area contributed by atoms with E-state index in [9.17, 15) is 0 Å². The minimum atomic E-state index is 0.358. The fourth-order valence-corrected chi connectivity index (χ4v) is 1.66. The molecule has 0 unspecified atom stereocenters. The van der Waals surface area contributed by atoms with E-state index in [0.29, 0.717) is 6.10 Å². The van der Waals surface area contributed by atoms with Gasteiger partial charge in [0.15, 0.2) is 0 Å². The van der Waals surface area contributed by atoms with E-state index in [1.165, 1.54) is 25.7 Å². The average molecular weight is 244 g/mol. The lowest BCUT2D eigenvalue weighted by Crippen LogP contribution is -2.05. The van der Waals surface area contributed by atoms with Crippen LogP contribution in [0.5, 0.6) is 0 Å². The van der Waals surface area contributed by atoms with Crippen molar-refractivity contribution in [1.29, 1.82) is 0 Å². The van der Waals surface area contributed by atoms with Crippen LogP contribution in [0, 0.1) is 5.92 Å². The second-order valence-corrected chi connectivity index (χ2v) is 5.48. The van der Waals surface area contributed by atoms with Crippen LogP contribution >= 0.6 is 0 Å². The summed E-state index contributed by atoms with van der Waals surface area (Å²) in [7, 11) is 0. The lowest BCUT2D eigenvalue weighted by molar-refractivity contribution is 0.0660. The molecule has 0 amide bonds. The third-order valence-corrected chi connectivity index (χ3v) is 2.70. The van der Waals surface area contributed by atoms with Crippen LogP contribution < -0.4 is 0 Å². The molecule has 0 aromatic heterocycles. The number of hydrogen-bond donors (Lipinski definition) is 0. The van der Waals surface area contributed by atoms with Crippen molar-refractivity contribution in [3.05, 3.63) is 0 Å². The first kappa shape index (κ1) is 16.9. The van der Waals surface area contributed by atoms with E-state index in [-0.39, 0.29) is 0 Å². The van der Waals surface area contributed by atoms with Gasteiger partial charge in [-0.3, -0.25) is 0 Å². The summed E-state index contributed by atoms with van der Waals surface area (Å²) in [6.07, 6.45) is 7.83. The van der Waals surface area contributed by atoms with E-state index in [4.69, 9.17) is 9.47 Å². The molecule has 17 heavy (non-hydrogen) atoms. The first-order valence-corrected chi connectivity index (χ1v) is 7.32. The molecule has 2 heteroatoms. The molecule has 2 nitrogen and oxygen atoms in total. The average Bonchev–Trinajstić information content (AvgIpc) is 2.25. The van der Waals surface area contributed by atoms with Crippen molar-refractivity contribution in [3.63, 3.8) is 0 Å². The van der Waals surface area contributed by atoms with Crippen LogP contribution in [0.3, 0.4) is 0 Å². The summed E-state index contributed by atoms with van der Waals surface area (Å²) in [5.74, 6) is 0.844. The van der Waals surface area contributed by atoms with E-state index < -0.39 is 0 Å². The molecule has 0 N–H and O–H groups in total. The number of rotatable bonds is 12. The van der Waals surface area contributed by atoms with Gasteiger partial charge in [-0.25, -0.2) is 0 Å². The second-order valence-electron chi connectivity index (χ2n) is 5.48. The third-order valence-electron chi connectivity index (χ3n) is 2.70. The van der Waals surface area contributed by atoms with Crippen molar-refractivity contribution in [3.8, 4) is 0 Å². The van der Waals surface area contributed by atoms with Crippen molar-refractivity contribution in [1.82, 2.24) is 0 Å². The number of hydrogen-bond acceptors (Lipinski definition) is 2. The van der Waals surface area contributed by atoms with Crippen LogP contribution in [0.25, 0.3) is 0 Å². The first-order valence-electron chi connectivity index (χ1n) is 7.32. The van der Waals surface area contributed by atoms with E-state index >= 15 is 0 Å². The normalized spacial score (nSPS) is 11.6. The van der Waals surface area contributed by atoms with Gasteiger partial charge in [-0.05, 0) is 39.0 Å². The summed E-state index contributed by atoms with van der Waals surface area (Å²) in [5, 5.41) is 0. The Labute approximate surface area is 108 Å². The summed E-state index contributed by atoms with van der Waals surface area (Å²) in [5.41, 5.74) is 0. The Hall–Kier alpha value is -0.0800. The number of ether oxygens (including phenoxy) is 2. The highest BCUT2D eigenvalue weighted by Crippen LogP contribution is 2.08. The standard InChI is InChI=1S/C15H32O2/c1-14(2)10-6-5-7-11-16-12-8-9-13-17-15(3)4/h14-15H,5-13H2,1-4H3. The minimum Gasteiger partial charge on any atom is -0.381 e. The number of unbranched alkanes of at least 4 members (excludes halogenated alkanes) is 3. The second kappa shape index (κ2) is 12.4. The predicted octanol–water partition coefficient (Wildman–Crippen LogP) is 4.42. The fourth-order valence-electron chi connectivity index (χ4n) is 1.66. The molecule has 0 radical (unpaired) electrons. The van der Waals surface area contributed by atoms with Gasteiger partial charge in [0.2, 0.25) is 0 Å². The van der Waals surface area contributed by atoms with Gasteiger partial charge < -0.3 is 9.47 Å². The molecule has 0 heterocycles. The molecule has 0 spiro atoms. The SMILES string of the molecule is CC(C)CCCCCOCCCCOC(C)C. The van der Waals surface area contributed by atoms with E-state index in [1.807, 2.05) is 0 Å². The molecule has 0 aliphatic carbocycles. The van der Waals surface area contributed by atoms with Gasteiger partial charge in [0.1, 0.15) is 0 Å². The highest BCUT2D eigenvalue weighted by molar-refractivity contribution is 4.47. The minimum absolute atomic E-state index is 0.358. The highest BCUT2D eigenvalue weighted by atomic mass is 16.5. The Morgan fingerprint density at radius 1 is 0.706 bits per heavy atom. The maximum Gasteiger partial charge on any atom is 0.0518 e. The maximum absolute atomic E-state index is 5.59. The molecule has 0 aliphatic rings. The lowest BCUT2D eigenvalue weighted by atomic mass is 10.1. The summed E-state index contributed by atoms with van der Waals surface area (Å²) in [6, 6.07) is 0. The van der Waals surface area contributed by atoms with Crippen LogP contribution in [-0.2, 0) is 9.47 Å². The van der Waals surface area contributed by atoms with E-state index in [2.05, 4.69) is 27.7 Å². The molecule has 104 valence electrons. The molecule has 0 aromatic rings. The quantitative estimate of drug-likeness (QED) is 0.473. The molecular weight excluding hydrogens is 212 g/mol. The third kappa shape index (κ3) is 15.9. The van der Waals surface area contributed by atoms with Crippen molar-refractivity contribution >= 4 is 0 Å². The molecule has 0 fully saturated rings. The molecule has 0 saturated carbocycles. The van der Waals surface area contributed by atoms with Crippen LogP contribution in [0.15, 0.2) is 0 Å². The topological polar surface area (TPSA) is 18.5 Å². The van der Waals surface area contributed by atoms with Crippen LogP contribution in [-0.4, -0.2) is 25.9 Å². The van der Waals surface area contributed by atoms with E-state index in [1.54, 1.807) is 0 Å². The van der Waals surface area contributed by atoms with Gasteiger partial charge in [0.05, 0.1) is 6.10 Å². The van der Waals surface area contributed by atoms with Crippen LogP contribution in [0.2, 0.25) is 0 Å². The van der Waals surface area contributed by atoms with Crippen molar-refractivity contribution < 1.29 is 9.47 Å². The van der Waals surface area contributed by atoms with Gasteiger partial charge in [-0.15, -0.1) is 0 Å². The van der Waals surface area contributed by atoms with Gasteiger partial charge in [0.25, 0.3) is 0 Å². The van der Waals surface area contributed by atoms with Gasteiger partial charge in [-0.2, -0.15) is 0 Å². The zero-order chi connectivity index (χ0) is 12.9. The maximum atomic E-state index is 5.59. The smallest absolute Gasteiger partial charge is 0.0518 e. The molecule has 0 saturated heterocycles. The van der Waals surface area contributed by atoms with Crippen molar-refractivity contribution in [2.24, 2.45) is 5.92 Å². The van der Waals surface area contributed by atoms with Gasteiger partial charge in [0, 0.05) is 19.8 Å². The molecule has 0 bridgehead atoms. The molecular formula is C15H32O2. The molecule has 0 atom stereocenters. The van der Waals surface area contributed by atoms with Gasteiger partial charge >= 0.3 is 0 Å². The molecule has 0 rings (SSSR count). The monoisotopic (exact) mass is 244 g/mol. The summed E-state index contributed by atoms with van der Waals surface area (Å²) < 4.78 is 11.1.